The summed E-state index contributed by atoms with van der Waals surface area (Å²) in [6.07, 6.45) is 3.23. The zero-order valence-corrected chi connectivity index (χ0v) is 15.0. The van der Waals surface area contributed by atoms with Crippen LogP contribution < -0.4 is 15.4 Å². The molecule has 1 aliphatic heterocycles. The first-order valence-electron chi connectivity index (χ1n) is 7.10. The van der Waals surface area contributed by atoms with E-state index in [1.54, 1.807) is 7.11 Å². The third-order valence-corrected chi connectivity index (χ3v) is 5.88. The van der Waals surface area contributed by atoms with Crippen molar-refractivity contribution in [3.05, 3.63) is 21.1 Å². The quantitative estimate of drug-likeness (QED) is 0.790. The number of nitrogens with one attached hydrogen (secondary N) is 2. The van der Waals surface area contributed by atoms with Gasteiger partial charge in [0.2, 0.25) is 5.91 Å². The normalized spacial score (nSPS) is 22.9. The van der Waals surface area contributed by atoms with Gasteiger partial charge in [0.05, 0.1) is 17.3 Å². The van der Waals surface area contributed by atoms with Crippen LogP contribution in [0.2, 0.25) is 0 Å². The van der Waals surface area contributed by atoms with Crippen molar-refractivity contribution in [2.75, 3.05) is 25.5 Å². The molecule has 1 unspecified atom stereocenters. The molecule has 2 fully saturated rings. The Morgan fingerprint density at radius 2 is 2.05 bits per heavy atom. The highest BCUT2D eigenvalue weighted by Gasteiger charge is 2.57. The molecule has 1 spiro atoms. The van der Waals surface area contributed by atoms with Gasteiger partial charge >= 0.3 is 0 Å². The molecule has 21 heavy (non-hydrogen) atoms. The summed E-state index contributed by atoms with van der Waals surface area (Å²) >= 11 is 6.92. The number of hydrogen-bond acceptors (Lipinski definition) is 3. The predicted octanol–water partition coefficient (Wildman–Crippen LogP) is 3.55. The van der Waals surface area contributed by atoms with E-state index >= 15 is 0 Å². The van der Waals surface area contributed by atoms with Crippen molar-refractivity contribution in [1.82, 2.24) is 5.32 Å². The van der Waals surface area contributed by atoms with Crippen LogP contribution in [0.3, 0.4) is 0 Å². The maximum absolute atomic E-state index is 12.5. The molecule has 0 radical (unpaired) electrons. The topological polar surface area (TPSA) is 50.4 Å². The van der Waals surface area contributed by atoms with Crippen LogP contribution in [0.5, 0.6) is 5.75 Å². The Morgan fingerprint density at radius 3 is 2.71 bits per heavy atom. The van der Waals surface area contributed by atoms with Crippen molar-refractivity contribution < 1.29 is 9.53 Å². The first kappa shape index (κ1) is 15.3. The average molecular weight is 418 g/mol. The molecule has 1 amide bonds. The Kier molecular flexibility index (Phi) is 4.30. The Morgan fingerprint density at radius 1 is 1.33 bits per heavy atom. The molecule has 1 heterocycles. The molecule has 6 heteroatoms. The van der Waals surface area contributed by atoms with E-state index in [4.69, 9.17) is 4.74 Å². The van der Waals surface area contributed by atoms with Crippen LogP contribution in [-0.2, 0) is 4.79 Å². The molecule has 114 valence electrons. The summed E-state index contributed by atoms with van der Waals surface area (Å²) in [5.41, 5.74) is 1.01. The van der Waals surface area contributed by atoms with Crippen LogP contribution >= 0.6 is 31.9 Å². The summed E-state index contributed by atoms with van der Waals surface area (Å²) in [5.74, 6) is 0.990. The van der Waals surface area contributed by atoms with Crippen LogP contribution in [0, 0.1) is 11.3 Å². The molecule has 2 aliphatic rings. The zero-order chi connectivity index (χ0) is 15.0. The van der Waals surface area contributed by atoms with E-state index in [-0.39, 0.29) is 17.2 Å². The minimum Gasteiger partial charge on any atom is -0.495 e. The minimum absolute atomic E-state index is 0.127. The van der Waals surface area contributed by atoms with Gasteiger partial charge in [-0.3, -0.25) is 4.79 Å². The van der Waals surface area contributed by atoms with Gasteiger partial charge in [-0.05, 0) is 75.7 Å². The summed E-state index contributed by atoms with van der Waals surface area (Å²) in [6, 6.07) is 3.73. The maximum Gasteiger partial charge on any atom is 0.228 e. The molecule has 1 saturated heterocycles. The highest BCUT2D eigenvalue weighted by Crippen LogP contribution is 2.58. The average Bonchev–Trinajstić information content (AvgIpc) is 3.16. The third kappa shape index (κ3) is 2.98. The number of carbonyl (C=O) groups excluding carboxylic acids is 1. The van der Waals surface area contributed by atoms with Crippen LogP contribution in [0.15, 0.2) is 21.1 Å². The predicted molar refractivity (Wildman–Crippen MR) is 89.7 cm³/mol. The number of halogens is 2. The minimum atomic E-state index is 0.127. The van der Waals surface area contributed by atoms with E-state index in [0.717, 1.165) is 47.0 Å². The second kappa shape index (κ2) is 5.89. The van der Waals surface area contributed by atoms with Gasteiger partial charge < -0.3 is 15.4 Å². The van der Waals surface area contributed by atoms with Crippen molar-refractivity contribution in [1.29, 1.82) is 0 Å². The maximum atomic E-state index is 12.5. The number of ether oxygens (including phenoxy) is 1. The molecular weight excluding hydrogens is 400 g/mol. The Labute approximate surface area is 141 Å². The number of hydrogen-bond donors (Lipinski definition) is 2. The number of benzene rings is 1. The van der Waals surface area contributed by atoms with Gasteiger partial charge in [-0.25, -0.2) is 0 Å². The lowest BCUT2D eigenvalue weighted by molar-refractivity contribution is -0.118. The van der Waals surface area contributed by atoms with Gasteiger partial charge in [0.25, 0.3) is 0 Å². The summed E-state index contributed by atoms with van der Waals surface area (Å²) in [6.45, 7) is 2.05. The highest BCUT2D eigenvalue weighted by molar-refractivity contribution is 9.11. The summed E-state index contributed by atoms with van der Waals surface area (Å²) in [5, 5.41) is 6.40. The zero-order valence-electron chi connectivity index (χ0n) is 11.8. The van der Waals surface area contributed by atoms with Crippen molar-refractivity contribution in [2.45, 2.75) is 19.3 Å². The van der Waals surface area contributed by atoms with Gasteiger partial charge in [-0.15, -0.1) is 0 Å². The Bertz CT molecular complexity index is 571. The van der Waals surface area contributed by atoms with Crippen LogP contribution in [0.4, 0.5) is 5.69 Å². The van der Waals surface area contributed by atoms with Crippen molar-refractivity contribution in [2.24, 2.45) is 11.3 Å². The van der Waals surface area contributed by atoms with Gasteiger partial charge in [0.15, 0.2) is 0 Å². The van der Waals surface area contributed by atoms with Crippen LogP contribution in [0.25, 0.3) is 0 Å². The van der Waals surface area contributed by atoms with Gasteiger partial charge in [0, 0.05) is 16.5 Å². The molecule has 0 bridgehead atoms. The molecule has 3 rings (SSSR count). The first-order valence-corrected chi connectivity index (χ1v) is 8.69. The smallest absolute Gasteiger partial charge is 0.228 e. The van der Waals surface area contributed by atoms with Gasteiger partial charge in [-0.1, -0.05) is 0 Å². The number of carbonyl (C=O) groups is 1. The molecule has 2 N–H and O–H groups in total. The number of methoxy groups -OCH3 is 1. The van der Waals surface area contributed by atoms with E-state index < -0.39 is 0 Å². The first-order chi connectivity index (χ1) is 10.1. The molecule has 0 aromatic heterocycles. The fraction of sp³-hybridized carbons (Fsp3) is 0.533. The van der Waals surface area contributed by atoms with Crippen molar-refractivity contribution >= 4 is 43.5 Å². The van der Waals surface area contributed by atoms with Crippen molar-refractivity contribution in [3.8, 4) is 5.75 Å². The van der Waals surface area contributed by atoms with Gasteiger partial charge in [-0.2, -0.15) is 0 Å². The summed E-state index contributed by atoms with van der Waals surface area (Å²) in [4.78, 5) is 12.5. The molecular formula is C15H18Br2N2O2. The number of amides is 1. The SMILES string of the molecule is COc1cc(NC(=O)C2CC23CCNCC3)c(Br)cc1Br. The number of rotatable bonds is 3. The molecule has 1 atom stereocenters. The number of piperidine rings is 1. The van der Waals surface area contributed by atoms with E-state index in [1.165, 1.54) is 0 Å². The summed E-state index contributed by atoms with van der Waals surface area (Å²) in [7, 11) is 1.62. The van der Waals surface area contributed by atoms with E-state index in [0.29, 0.717) is 5.75 Å². The monoisotopic (exact) mass is 416 g/mol. The standard InChI is InChI=1S/C15H18Br2N2O2/c1-21-13-7-12(10(16)6-11(13)17)19-14(20)9-8-15(9)2-4-18-5-3-15/h6-7,9,18H,2-5,8H2,1H3,(H,19,20). The lowest BCUT2D eigenvalue weighted by Gasteiger charge is -2.23. The second-order valence-corrected chi connectivity index (χ2v) is 7.53. The fourth-order valence-electron chi connectivity index (χ4n) is 3.20. The van der Waals surface area contributed by atoms with Crippen LogP contribution in [-0.4, -0.2) is 26.1 Å². The van der Waals surface area contributed by atoms with E-state index in [1.807, 2.05) is 12.1 Å². The van der Waals surface area contributed by atoms with Crippen LogP contribution in [0.1, 0.15) is 19.3 Å². The molecule has 1 aromatic carbocycles. The fourth-order valence-corrected chi connectivity index (χ4v) is 4.45. The molecule has 4 nitrogen and oxygen atoms in total. The number of anilines is 1. The Hall–Kier alpha value is -0.590. The Balaban J connectivity index is 1.71. The lowest BCUT2D eigenvalue weighted by atomic mass is 9.92. The second-order valence-electron chi connectivity index (χ2n) is 5.82. The molecule has 1 aliphatic carbocycles. The highest BCUT2D eigenvalue weighted by atomic mass is 79.9. The molecule has 1 saturated carbocycles. The van der Waals surface area contributed by atoms with Crippen molar-refractivity contribution in [3.63, 3.8) is 0 Å². The molecule has 1 aromatic rings. The van der Waals surface area contributed by atoms with Gasteiger partial charge in [0.1, 0.15) is 5.75 Å². The van der Waals surface area contributed by atoms with E-state index in [9.17, 15) is 4.79 Å². The van der Waals surface area contributed by atoms with E-state index in [2.05, 4.69) is 42.5 Å². The largest absolute Gasteiger partial charge is 0.495 e. The lowest BCUT2D eigenvalue weighted by Crippen LogP contribution is -2.31. The third-order valence-electron chi connectivity index (χ3n) is 4.60. The summed E-state index contributed by atoms with van der Waals surface area (Å²) < 4.78 is 6.99.